The molecule has 0 aliphatic heterocycles. The first-order valence-corrected chi connectivity index (χ1v) is 6.15. The molecule has 0 heterocycles. The van der Waals surface area contributed by atoms with Crippen LogP contribution in [-0.2, 0) is 9.59 Å². The molecule has 1 aromatic rings. The largest absolute Gasteiger partial charge is 0.481 e. The van der Waals surface area contributed by atoms with Gasteiger partial charge in [-0.15, -0.1) is 0 Å². The number of nitrogens with one attached hydrogen (secondary N) is 1. The smallest absolute Gasteiger partial charge is 0.305 e. The first-order chi connectivity index (χ1) is 8.56. The van der Waals surface area contributed by atoms with E-state index in [1.807, 2.05) is 24.3 Å². The van der Waals surface area contributed by atoms with Crippen molar-refractivity contribution in [3.8, 4) is 0 Å². The molecule has 96 valence electrons. The summed E-state index contributed by atoms with van der Waals surface area (Å²) in [5, 5.41) is 11.5. The quantitative estimate of drug-likeness (QED) is 0.838. The maximum atomic E-state index is 11.1. The Balaban J connectivity index is 2.12. The second-order valence-corrected chi connectivity index (χ2v) is 4.79. The summed E-state index contributed by atoms with van der Waals surface area (Å²) in [6.45, 7) is 1.40. The molecule has 1 saturated carbocycles. The van der Waals surface area contributed by atoms with Crippen molar-refractivity contribution in [1.29, 1.82) is 0 Å². The van der Waals surface area contributed by atoms with Crippen molar-refractivity contribution in [2.24, 2.45) is 0 Å². The fourth-order valence-corrected chi connectivity index (χ4v) is 2.09. The van der Waals surface area contributed by atoms with Gasteiger partial charge in [0, 0.05) is 6.92 Å². The van der Waals surface area contributed by atoms with Crippen LogP contribution in [0.5, 0.6) is 0 Å². The molecular weight excluding hydrogens is 230 g/mol. The molecule has 4 heteroatoms. The molecule has 1 atom stereocenters. The number of rotatable bonds is 5. The molecule has 0 spiro atoms. The summed E-state index contributed by atoms with van der Waals surface area (Å²) in [5.41, 5.74) is 2.15. The van der Waals surface area contributed by atoms with Gasteiger partial charge in [-0.1, -0.05) is 24.3 Å². The Hall–Kier alpha value is -1.84. The number of carboxylic acids is 1. The van der Waals surface area contributed by atoms with Gasteiger partial charge in [0.15, 0.2) is 0 Å². The molecule has 4 nitrogen and oxygen atoms in total. The van der Waals surface area contributed by atoms with Gasteiger partial charge in [0.1, 0.15) is 0 Å². The molecule has 0 saturated heterocycles. The molecule has 0 radical (unpaired) electrons. The minimum atomic E-state index is -0.917. The highest BCUT2D eigenvalue weighted by molar-refractivity contribution is 5.75. The summed E-state index contributed by atoms with van der Waals surface area (Å²) >= 11 is 0. The maximum Gasteiger partial charge on any atom is 0.305 e. The molecular formula is C14H17NO3. The summed E-state index contributed by atoms with van der Waals surface area (Å²) in [4.78, 5) is 21.9. The topological polar surface area (TPSA) is 66.4 Å². The zero-order chi connectivity index (χ0) is 13.1. The molecule has 2 N–H and O–H groups in total. The van der Waals surface area contributed by atoms with Crippen LogP contribution in [0.15, 0.2) is 24.3 Å². The highest BCUT2D eigenvalue weighted by Crippen LogP contribution is 2.40. The van der Waals surface area contributed by atoms with Crippen LogP contribution in [0.4, 0.5) is 0 Å². The van der Waals surface area contributed by atoms with Gasteiger partial charge in [0.05, 0.1) is 12.5 Å². The van der Waals surface area contributed by atoms with E-state index in [-0.39, 0.29) is 12.3 Å². The fraction of sp³-hybridized carbons (Fsp3) is 0.429. The van der Waals surface area contributed by atoms with Gasteiger partial charge in [-0.25, -0.2) is 0 Å². The van der Waals surface area contributed by atoms with E-state index in [0.717, 1.165) is 5.56 Å². The van der Waals surface area contributed by atoms with Gasteiger partial charge in [0.25, 0.3) is 0 Å². The second-order valence-electron chi connectivity index (χ2n) is 4.79. The van der Waals surface area contributed by atoms with Gasteiger partial charge >= 0.3 is 5.97 Å². The lowest BCUT2D eigenvalue weighted by atomic mass is 10.0. The zero-order valence-electron chi connectivity index (χ0n) is 10.3. The Morgan fingerprint density at radius 1 is 1.33 bits per heavy atom. The minimum absolute atomic E-state index is 0.0949. The van der Waals surface area contributed by atoms with Crippen LogP contribution < -0.4 is 5.32 Å². The average Bonchev–Trinajstić information content (AvgIpc) is 3.11. The van der Waals surface area contributed by atoms with Gasteiger partial charge in [0.2, 0.25) is 5.91 Å². The van der Waals surface area contributed by atoms with Crippen LogP contribution in [0.1, 0.15) is 49.3 Å². The highest BCUT2D eigenvalue weighted by atomic mass is 16.4. The number of carbonyl (C=O) groups excluding carboxylic acids is 1. The van der Waals surface area contributed by atoms with Gasteiger partial charge in [-0.05, 0) is 29.9 Å². The van der Waals surface area contributed by atoms with Crippen molar-refractivity contribution in [1.82, 2.24) is 5.32 Å². The third-order valence-corrected chi connectivity index (χ3v) is 3.14. The van der Waals surface area contributed by atoms with Crippen molar-refractivity contribution < 1.29 is 14.7 Å². The first-order valence-electron chi connectivity index (χ1n) is 6.15. The van der Waals surface area contributed by atoms with Crippen LogP contribution in [0.25, 0.3) is 0 Å². The van der Waals surface area contributed by atoms with Crippen molar-refractivity contribution in [2.45, 2.75) is 38.1 Å². The number of amides is 1. The van der Waals surface area contributed by atoms with Crippen molar-refractivity contribution >= 4 is 11.9 Å². The molecule has 0 bridgehead atoms. The second kappa shape index (κ2) is 5.21. The van der Waals surface area contributed by atoms with Crippen LogP contribution in [0.2, 0.25) is 0 Å². The van der Waals surface area contributed by atoms with Gasteiger partial charge in [-0.2, -0.15) is 0 Å². The van der Waals surface area contributed by atoms with E-state index in [4.69, 9.17) is 5.11 Å². The fourth-order valence-electron chi connectivity index (χ4n) is 2.09. The lowest BCUT2D eigenvalue weighted by molar-refractivity contribution is -0.137. The number of carbonyl (C=O) groups is 2. The molecule has 0 aromatic heterocycles. The van der Waals surface area contributed by atoms with E-state index < -0.39 is 12.0 Å². The minimum Gasteiger partial charge on any atom is -0.481 e. The monoisotopic (exact) mass is 247 g/mol. The Morgan fingerprint density at radius 2 is 1.94 bits per heavy atom. The Morgan fingerprint density at radius 3 is 2.39 bits per heavy atom. The summed E-state index contributed by atoms with van der Waals surface area (Å²) in [5.74, 6) is -0.453. The Labute approximate surface area is 106 Å². The zero-order valence-corrected chi connectivity index (χ0v) is 10.3. The number of hydrogen-bond acceptors (Lipinski definition) is 2. The van der Waals surface area contributed by atoms with Gasteiger partial charge in [-0.3, -0.25) is 9.59 Å². The normalized spacial score (nSPS) is 16.1. The van der Waals surface area contributed by atoms with Gasteiger partial charge < -0.3 is 10.4 Å². The SMILES string of the molecule is CC(=O)N[C@H](CC(=O)O)c1ccc(C2CC2)cc1. The van der Waals surface area contributed by atoms with E-state index in [1.165, 1.54) is 25.3 Å². The standard InChI is InChI=1S/C14H17NO3/c1-9(16)15-13(8-14(17)18)12-6-4-11(5-7-12)10-2-3-10/h4-7,10,13H,2-3,8H2,1H3,(H,15,16)(H,17,18)/t13-/m1/s1. The number of carboxylic acid groups (broad SMARTS) is 1. The molecule has 2 rings (SSSR count). The van der Waals surface area contributed by atoms with Crippen molar-refractivity contribution in [3.05, 3.63) is 35.4 Å². The summed E-state index contributed by atoms with van der Waals surface area (Å²) in [6, 6.07) is 7.44. The molecule has 1 aromatic carbocycles. The van der Waals surface area contributed by atoms with E-state index in [0.29, 0.717) is 5.92 Å². The third kappa shape index (κ3) is 3.32. The molecule has 1 fully saturated rings. The molecule has 18 heavy (non-hydrogen) atoms. The third-order valence-electron chi connectivity index (χ3n) is 3.14. The van der Waals surface area contributed by atoms with Crippen molar-refractivity contribution in [2.75, 3.05) is 0 Å². The lowest BCUT2D eigenvalue weighted by Gasteiger charge is -2.16. The Bertz CT molecular complexity index is 433. The van der Waals surface area contributed by atoms with E-state index in [1.54, 1.807) is 0 Å². The number of hydrogen-bond donors (Lipinski definition) is 2. The molecule has 1 aliphatic rings. The van der Waals surface area contributed by atoms with Crippen LogP contribution in [0, 0.1) is 0 Å². The molecule has 1 amide bonds. The van der Waals surface area contributed by atoms with E-state index >= 15 is 0 Å². The summed E-state index contributed by atoms with van der Waals surface area (Å²) in [6.07, 6.45) is 2.38. The van der Waals surface area contributed by atoms with E-state index in [9.17, 15) is 9.59 Å². The van der Waals surface area contributed by atoms with Crippen LogP contribution in [0.3, 0.4) is 0 Å². The first kappa shape index (κ1) is 12.6. The number of benzene rings is 1. The average molecular weight is 247 g/mol. The predicted octanol–water partition coefficient (Wildman–Crippen LogP) is 2.22. The summed E-state index contributed by atoms with van der Waals surface area (Å²) < 4.78 is 0. The highest BCUT2D eigenvalue weighted by Gasteiger charge is 2.24. The molecule has 1 aliphatic carbocycles. The summed E-state index contributed by atoms with van der Waals surface area (Å²) in [7, 11) is 0. The van der Waals surface area contributed by atoms with Crippen LogP contribution >= 0.6 is 0 Å². The maximum absolute atomic E-state index is 11.1. The van der Waals surface area contributed by atoms with Crippen LogP contribution in [-0.4, -0.2) is 17.0 Å². The lowest BCUT2D eigenvalue weighted by Crippen LogP contribution is -2.27. The Kier molecular flexibility index (Phi) is 3.65. The predicted molar refractivity (Wildman–Crippen MR) is 67.2 cm³/mol. The van der Waals surface area contributed by atoms with E-state index in [2.05, 4.69) is 5.32 Å². The van der Waals surface area contributed by atoms with Crippen molar-refractivity contribution in [3.63, 3.8) is 0 Å². The molecule has 0 unspecified atom stereocenters. The number of aliphatic carboxylic acids is 1.